The maximum Gasteiger partial charge on any atom is 0.274 e. The molecule has 1 atom stereocenters. The first-order chi connectivity index (χ1) is 11.2. The van der Waals surface area contributed by atoms with Gasteiger partial charge in [-0.25, -0.2) is 0 Å². The summed E-state index contributed by atoms with van der Waals surface area (Å²) in [5, 5.41) is 12.0. The zero-order valence-electron chi connectivity index (χ0n) is 13.8. The van der Waals surface area contributed by atoms with Crippen molar-refractivity contribution in [2.24, 2.45) is 7.05 Å². The fourth-order valence-electron chi connectivity index (χ4n) is 2.98. The van der Waals surface area contributed by atoms with Crippen molar-refractivity contribution >= 4 is 5.91 Å². The van der Waals surface area contributed by atoms with Gasteiger partial charge in [0.15, 0.2) is 0 Å². The quantitative estimate of drug-likeness (QED) is 0.900. The Balaban J connectivity index is 1.69. The number of aromatic nitrogens is 4. The zero-order valence-corrected chi connectivity index (χ0v) is 13.8. The molecule has 3 heterocycles. The molecule has 1 saturated heterocycles. The Labute approximate surface area is 136 Å². The smallest absolute Gasteiger partial charge is 0.274 e. The summed E-state index contributed by atoms with van der Waals surface area (Å²) in [6.07, 6.45) is 7.90. The zero-order chi connectivity index (χ0) is 16.2. The lowest BCUT2D eigenvalue weighted by Gasteiger charge is -2.23. The van der Waals surface area contributed by atoms with E-state index in [9.17, 15) is 4.79 Å². The lowest BCUT2D eigenvalue weighted by Crippen LogP contribution is -2.33. The Kier molecular flexibility index (Phi) is 4.76. The van der Waals surface area contributed by atoms with Crippen LogP contribution in [0.4, 0.5) is 0 Å². The molecule has 2 aromatic rings. The van der Waals surface area contributed by atoms with Crippen LogP contribution in [-0.4, -0.2) is 50.0 Å². The number of hydrogen-bond donors (Lipinski definition) is 1. The lowest BCUT2D eigenvalue weighted by molar-refractivity contribution is 0.0745. The predicted molar refractivity (Wildman–Crippen MR) is 87.0 cm³/mol. The van der Waals surface area contributed by atoms with Crippen molar-refractivity contribution in [3.8, 4) is 0 Å². The van der Waals surface area contributed by atoms with Gasteiger partial charge in [-0.2, -0.15) is 10.2 Å². The van der Waals surface area contributed by atoms with Crippen LogP contribution in [-0.2, 0) is 13.6 Å². The van der Waals surface area contributed by atoms with Gasteiger partial charge < -0.3 is 10.2 Å². The van der Waals surface area contributed by atoms with Gasteiger partial charge in [-0.3, -0.25) is 14.2 Å². The number of hydrogen-bond acceptors (Lipinski definition) is 4. The summed E-state index contributed by atoms with van der Waals surface area (Å²) in [6.45, 7) is 5.17. The van der Waals surface area contributed by atoms with E-state index in [0.29, 0.717) is 24.8 Å². The fraction of sp³-hybridized carbons (Fsp3) is 0.562. The first-order valence-corrected chi connectivity index (χ1v) is 8.20. The maximum absolute atomic E-state index is 12.7. The van der Waals surface area contributed by atoms with E-state index >= 15 is 0 Å². The van der Waals surface area contributed by atoms with Crippen LogP contribution in [0, 0.1) is 0 Å². The third-order valence-corrected chi connectivity index (χ3v) is 4.27. The molecule has 124 valence electrons. The van der Waals surface area contributed by atoms with E-state index in [1.165, 1.54) is 0 Å². The molecule has 7 nitrogen and oxygen atoms in total. The van der Waals surface area contributed by atoms with E-state index in [0.717, 1.165) is 31.5 Å². The van der Waals surface area contributed by atoms with Gasteiger partial charge in [-0.05, 0) is 32.4 Å². The second kappa shape index (κ2) is 6.95. The van der Waals surface area contributed by atoms with E-state index in [4.69, 9.17) is 0 Å². The Morgan fingerprint density at radius 1 is 1.52 bits per heavy atom. The summed E-state index contributed by atoms with van der Waals surface area (Å²) in [7, 11) is 1.88. The number of rotatable bonds is 5. The summed E-state index contributed by atoms with van der Waals surface area (Å²) in [4.78, 5) is 14.5. The number of aryl methyl sites for hydroxylation is 1. The average Bonchev–Trinajstić information content (AvgIpc) is 3.22. The first kappa shape index (κ1) is 15.7. The third kappa shape index (κ3) is 3.61. The molecule has 23 heavy (non-hydrogen) atoms. The van der Waals surface area contributed by atoms with Gasteiger partial charge in [-0.1, -0.05) is 0 Å². The van der Waals surface area contributed by atoms with Crippen LogP contribution in [0.25, 0.3) is 0 Å². The average molecular weight is 316 g/mol. The minimum Gasteiger partial charge on any atom is -0.333 e. The SMILES string of the molecule is CCN(Cc1cnn(C)c1)C(=O)c1ccn(C2CCCNC2)n1. The Hall–Kier alpha value is -2.15. The van der Waals surface area contributed by atoms with Gasteiger partial charge in [0.1, 0.15) is 5.69 Å². The van der Waals surface area contributed by atoms with Crippen molar-refractivity contribution in [2.75, 3.05) is 19.6 Å². The second-order valence-electron chi connectivity index (χ2n) is 6.02. The lowest BCUT2D eigenvalue weighted by atomic mass is 10.1. The Morgan fingerprint density at radius 3 is 3.04 bits per heavy atom. The van der Waals surface area contributed by atoms with Gasteiger partial charge >= 0.3 is 0 Å². The number of nitrogens with zero attached hydrogens (tertiary/aromatic N) is 5. The summed E-state index contributed by atoms with van der Waals surface area (Å²) in [5.74, 6) is -0.0288. The summed E-state index contributed by atoms with van der Waals surface area (Å²) in [6, 6.07) is 2.17. The van der Waals surface area contributed by atoms with Crippen LogP contribution in [0.2, 0.25) is 0 Å². The molecule has 0 spiro atoms. The van der Waals surface area contributed by atoms with Crippen molar-refractivity contribution in [3.05, 3.63) is 35.9 Å². The summed E-state index contributed by atoms with van der Waals surface area (Å²) >= 11 is 0. The molecule has 1 unspecified atom stereocenters. The van der Waals surface area contributed by atoms with Gasteiger partial charge in [-0.15, -0.1) is 0 Å². The molecule has 0 saturated carbocycles. The highest BCUT2D eigenvalue weighted by Crippen LogP contribution is 2.16. The van der Waals surface area contributed by atoms with Crippen LogP contribution in [0.15, 0.2) is 24.7 Å². The van der Waals surface area contributed by atoms with E-state index in [1.54, 1.807) is 15.8 Å². The standard InChI is InChI=1S/C16H24N6O/c1-3-21(12-13-9-18-20(2)11-13)16(23)15-6-8-22(19-15)14-5-4-7-17-10-14/h6,8-9,11,14,17H,3-5,7,10,12H2,1-2H3. The fourth-order valence-corrected chi connectivity index (χ4v) is 2.98. The van der Waals surface area contributed by atoms with Crippen molar-refractivity contribution < 1.29 is 4.79 Å². The van der Waals surface area contributed by atoms with Crippen LogP contribution >= 0.6 is 0 Å². The van der Waals surface area contributed by atoms with Gasteiger partial charge in [0.05, 0.1) is 12.2 Å². The summed E-state index contributed by atoms with van der Waals surface area (Å²) < 4.78 is 3.68. The molecule has 3 rings (SSSR count). The molecule has 0 bridgehead atoms. The van der Waals surface area contributed by atoms with Crippen molar-refractivity contribution in [1.29, 1.82) is 0 Å². The van der Waals surface area contributed by atoms with Crippen molar-refractivity contribution in [3.63, 3.8) is 0 Å². The van der Waals surface area contributed by atoms with Gasteiger partial charge in [0, 0.05) is 44.6 Å². The normalized spacial score (nSPS) is 18.1. The number of piperidine rings is 1. The van der Waals surface area contributed by atoms with Crippen LogP contribution < -0.4 is 5.32 Å². The molecule has 7 heteroatoms. The molecule has 1 aliphatic heterocycles. The van der Waals surface area contributed by atoms with E-state index in [2.05, 4.69) is 15.5 Å². The second-order valence-corrected chi connectivity index (χ2v) is 6.02. The highest BCUT2D eigenvalue weighted by atomic mass is 16.2. The molecule has 1 N–H and O–H groups in total. The maximum atomic E-state index is 12.7. The van der Waals surface area contributed by atoms with E-state index in [-0.39, 0.29) is 5.91 Å². The number of carbonyl (C=O) groups is 1. The molecule has 2 aromatic heterocycles. The Morgan fingerprint density at radius 2 is 2.39 bits per heavy atom. The van der Waals surface area contributed by atoms with Crippen LogP contribution in [0.1, 0.15) is 41.9 Å². The van der Waals surface area contributed by atoms with Crippen LogP contribution in [0.5, 0.6) is 0 Å². The van der Waals surface area contributed by atoms with E-state index in [1.807, 2.05) is 37.1 Å². The highest BCUT2D eigenvalue weighted by molar-refractivity contribution is 5.92. The molecule has 1 amide bonds. The first-order valence-electron chi connectivity index (χ1n) is 8.20. The molecule has 1 aliphatic rings. The predicted octanol–water partition coefficient (Wildman–Crippen LogP) is 1.20. The molecular formula is C16H24N6O. The molecule has 1 fully saturated rings. The molecule has 0 aromatic carbocycles. The van der Waals surface area contributed by atoms with Crippen molar-refractivity contribution in [2.45, 2.75) is 32.4 Å². The minimum absolute atomic E-state index is 0.0288. The van der Waals surface area contributed by atoms with Crippen molar-refractivity contribution in [1.82, 2.24) is 29.8 Å². The molecule has 0 radical (unpaired) electrons. The number of amides is 1. The largest absolute Gasteiger partial charge is 0.333 e. The minimum atomic E-state index is -0.0288. The number of carbonyl (C=O) groups excluding carboxylic acids is 1. The van der Waals surface area contributed by atoms with E-state index < -0.39 is 0 Å². The molecule has 0 aliphatic carbocycles. The molecular weight excluding hydrogens is 292 g/mol. The summed E-state index contributed by atoms with van der Waals surface area (Å²) in [5.41, 5.74) is 1.54. The van der Waals surface area contributed by atoms with Gasteiger partial charge in [0.25, 0.3) is 5.91 Å². The number of nitrogens with one attached hydrogen (secondary N) is 1. The Bertz CT molecular complexity index is 655. The topological polar surface area (TPSA) is 68.0 Å². The highest BCUT2D eigenvalue weighted by Gasteiger charge is 2.21. The monoisotopic (exact) mass is 316 g/mol. The third-order valence-electron chi connectivity index (χ3n) is 4.27. The van der Waals surface area contributed by atoms with Gasteiger partial charge in [0.2, 0.25) is 0 Å². The van der Waals surface area contributed by atoms with Crippen LogP contribution in [0.3, 0.4) is 0 Å².